The first-order valence-corrected chi connectivity index (χ1v) is 7.35. The summed E-state index contributed by atoms with van der Waals surface area (Å²) in [6.45, 7) is 3.92. The number of allylic oxidation sites excluding steroid dienone is 2. The summed E-state index contributed by atoms with van der Waals surface area (Å²) in [7, 11) is 1.65. The molecule has 22 heavy (non-hydrogen) atoms. The number of hydrogen-bond acceptors (Lipinski definition) is 1. The fourth-order valence-electron chi connectivity index (χ4n) is 2.22. The molecule has 0 aliphatic rings. The molecule has 0 aromatic heterocycles. The van der Waals surface area contributed by atoms with Gasteiger partial charge in [0.05, 0.1) is 0 Å². The number of amides is 1. The number of rotatable bonds is 4. The standard InChI is InChI=1S/C20H21NO/c1-15-9-11-17(12-10-15)13-14-19(16(2)20(22)21-3)18-7-5-4-6-8-18/h4-14H,1-3H3,(H,21,22)/b14-13+,19-16-. The molecule has 0 unspecified atom stereocenters. The Hall–Kier alpha value is -2.61. The van der Waals surface area contributed by atoms with Crippen LogP contribution in [0.25, 0.3) is 11.6 Å². The third-order valence-corrected chi connectivity index (χ3v) is 3.58. The van der Waals surface area contributed by atoms with Crippen molar-refractivity contribution < 1.29 is 4.79 Å². The maximum atomic E-state index is 12.0. The first kappa shape index (κ1) is 15.8. The highest BCUT2D eigenvalue weighted by atomic mass is 16.1. The van der Waals surface area contributed by atoms with E-state index in [1.54, 1.807) is 7.05 Å². The van der Waals surface area contributed by atoms with E-state index < -0.39 is 0 Å². The average molecular weight is 291 g/mol. The SMILES string of the molecule is CNC(=O)/C(C)=C(/C=C/c1ccc(C)cc1)c1ccccc1. The molecule has 0 spiro atoms. The van der Waals surface area contributed by atoms with Gasteiger partial charge in [-0.3, -0.25) is 4.79 Å². The number of carbonyl (C=O) groups excluding carboxylic acids is 1. The van der Waals surface area contributed by atoms with E-state index >= 15 is 0 Å². The smallest absolute Gasteiger partial charge is 0.247 e. The molecule has 112 valence electrons. The summed E-state index contributed by atoms with van der Waals surface area (Å²) in [6.07, 6.45) is 4.04. The van der Waals surface area contributed by atoms with Crippen molar-refractivity contribution >= 4 is 17.6 Å². The monoisotopic (exact) mass is 291 g/mol. The van der Waals surface area contributed by atoms with Crippen molar-refractivity contribution in [2.24, 2.45) is 0 Å². The summed E-state index contributed by atoms with van der Waals surface area (Å²) in [5, 5.41) is 2.69. The second kappa shape index (κ2) is 7.41. The van der Waals surface area contributed by atoms with Crippen LogP contribution in [0.2, 0.25) is 0 Å². The van der Waals surface area contributed by atoms with E-state index in [1.807, 2.05) is 49.4 Å². The zero-order valence-electron chi connectivity index (χ0n) is 13.3. The summed E-state index contributed by atoms with van der Waals surface area (Å²) >= 11 is 0. The van der Waals surface area contributed by atoms with Gasteiger partial charge < -0.3 is 5.32 Å². The number of hydrogen-bond donors (Lipinski definition) is 1. The predicted molar refractivity (Wildman–Crippen MR) is 93.3 cm³/mol. The van der Waals surface area contributed by atoms with Crippen LogP contribution in [0, 0.1) is 6.92 Å². The minimum atomic E-state index is -0.0626. The van der Waals surface area contributed by atoms with Crippen molar-refractivity contribution in [3.05, 3.63) is 82.9 Å². The normalized spacial score (nSPS) is 12.1. The molecule has 1 N–H and O–H groups in total. The number of benzene rings is 2. The van der Waals surface area contributed by atoms with Crippen molar-refractivity contribution in [2.45, 2.75) is 13.8 Å². The fraction of sp³-hybridized carbons (Fsp3) is 0.150. The molecule has 2 rings (SSSR count). The van der Waals surface area contributed by atoms with Gasteiger partial charge in [0, 0.05) is 12.6 Å². The van der Waals surface area contributed by atoms with Crippen molar-refractivity contribution in [2.75, 3.05) is 7.05 Å². The highest BCUT2D eigenvalue weighted by Gasteiger charge is 2.08. The van der Waals surface area contributed by atoms with Crippen LogP contribution < -0.4 is 5.32 Å². The molecule has 0 heterocycles. The van der Waals surface area contributed by atoms with Crippen LogP contribution in [0.5, 0.6) is 0 Å². The van der Waals surface area contributed by atoms with Crippen LogP contribution in [0.4, 0.5) is 0 Å². The van der Waals surface area contributed by atoms with Crippen molar-refractivity contribution in [3.63, 3.8) is 0 Å². The first-order valence-electron chi connectivity index (χ1n) is 7.35. The molecule has 0 saturated carbocycles. The van der Waals surface area contributed by atoms with E-state index in [2.05, 4.69) is 36.5 Å². The average Bonchev–Trinajstić information content (AvgIpc) is 2.56. The Kier molecular flexibility index (Phi) is 5.31. The molecule has 0 bridgehead atoms. The molecule has 0 radical (unpaired) electrons. The van der Waals surface area contributed by atoms with Gasteiger partial charge in [-0.05, 0) is 30.5 Å². The Morgan fingerprint density at radius 1 is 1.00 bits per heavy atom. The van der Waals surface area contributed by atoms with E-state index in [4.69, 9.17) is 0 Å². The van der Waals surface area contributed by atoms with Crippen LogP contribution in [-0.2, 0) is 4.79 Å². The van der Waals surface area contributed by atoms with Gasteiger partial charge in [0.2, 0.25) is 5.91 Å². The second-order valence-corrected chi connectivity index (χ2v) is 5.23. The lowest BCUT2D eigenvalue weighted by atomic mass is 9.98. The molecule has 0 atom stereocenters. The minimum absolute atomic E-state index is 0.0626. The van der Waals surface area contributed by atoms with Gasteiger partial charge in [-0.1, -0.05) is 72.3 Å². The molecule has 0 aliphatic carbocycles. The lowest BCUT2D eigenvalue weighted by molar-refractivity contribution is -0.116. The molecule has 2 heteroatoms. The summed E-state index contributed by atoms with van der Waals surface area (Å²) in [4.78, 5) is 12.0. The van der Waals surface area contributed by atoms with Gasteiger partial charge in [-0.15, -0.1) is 0 Å². The molecule has 0 aliphatic heterocycles. The predicted octanol–water partition coefficient (Wildman–Crippen LogP) is 4.23. The Labute approximate surface area is 132 Å². The third-order valence-electron chi connectivity index (χ3n) is 3.58. The van der Waals surface area contributed by atoms with E-state index in [1.165, 1.54) is 5.56 Å². The zero-order valence-corrected chi connectivity index (χ0v) is 13.3. The van der Waals surface area contributed by atoms with Gasteiger partial charge in [-0.2, -0.15) is 0 Å². The van der Waals surface area contributed by atoms with Crippen LogP contribution in [-0.4, -0.2) is 13.0 Å². The molecule has 2 nitrogen and oxygen atoms in total. The summed E-state index contributed by atoms with van der Waals surface area (Å²) in [6, 6.07) is 18.3. The van der Waals surface area contributed by atoms with Crippen LogP contribution in [0.1, 0.15) is 23.6 Å². The second-order valence-electron chi connectivity index (χ2n) is 5.23. The Morgan fingerprint density at radius 3 is 2.23 bits per heavy atom. The first-order chi connectivity index (χ1) is 10.6. The Balaban J connectivity index is 2.41. The summed E-state index contributed by atoms with van der Waals surface area (Å²) in [5.41, 5.74) is 5.02. The highest BCUT2D eigenvalue weighted by molar-refractivity contribution is 6.03. The molecule has 2 aromatic rings. The van der Waals surface area contributed by atoms with Crippen LogP contribution >= 0.6 is 0 Å². The third kappa shape index (κ3) is 3.95. The van der Waals surface area contributed by atoms with Gasteiger partial charge >= 0.3 is 0 Å². The number of nitrogens with one attached hydrogen (secondary N) is 1. The minimum Gasteiger partial charge on any atom is -0.355 e. The number of carbonyl (C=O) groups is 1. The molecule has 0 fully saturated rings. The molecular formula is C20H21NO. The van der Waals surface area contributed by atoms with Gasteiger partial charge in [0.1, 0.15) is 0 Å². The van der Waals surface area contributed by atoms with E-state index in [0.29, 0.717) is 5.57 Å². The summed E-state index contributed by atoms with van der Waals surface area (Å²) < 4.78 is 0. The Morgan fingerprint density at radius 2 is 1.64 bits per heavy atom. The van der Waals surface area contributed by atoms with Crippen LogP contribution in [0.15, 0.2) is 66.2 Å². The highest BCUT2D eigenvalue weighted by Crippen LogP contribution is 2.21. The van der Waals surface area contributed by atoms with Gasteiger partial charge in [0.25, 0.3) is 0 Å². The number of aryl methyl sites for hydroxylation is 1. The topological polar surface area (TPSA) is 29.1 Å². The van der Waals surface area contributed by atoms with E-state index in [9.17, 15) is 4.79 Å². The maximum absolute atomic E-state index is 12.0. The van der Waals surface area contributed by atoms with E-state index in [0.717, 1.165) is 16.7 Å². The lowest BCUT2D eigenvalue weighted by Gasteiger charge is -2.08. The maximum Gasteiger partial charge on any atom is 0.247 e. The molecule has 0 saturated heterocycles. The molecule has 2 aromatic carbocycles. The quantitative estimate of drug-likeness (QED) is 0.663. The molecule has 1 amide bonds. The lowest BCUT2D eigenvalue weighted by Crippen LogP contribution is -2.19. The summed E-state index contributed by atoms with van der Waals surface area (Å²) in [5.74, 6) is -0.0626. The van der Waals surface area contributed by atoms with Crippen molar-refractivity contribution in [3.8, 4) is 0 Å². The number of likely N-dealkylation sites (N-methyl/N-ethyl adjacent to an activating group) is 1. The molecular weight excluding hydrogens is 270 g/mol. The largest absolute Gasteiger partial charge is 0.355 e. The Bertz CT molecular complexity index is 694. The van der Waals surface area contributed by atoms with Crippen LogP contribution in [0.3, 0.4) is 0 Å². The fourth-order valence-corrected chi connectivity index (χ4v) is 2.22. The van der Waals surface area contributed by atoms with Crippen molar-refractivity contribution in [1.29, 1.82) is 0 Å². The zero-order chi connectivity index (χ0) is 15.9. The van der Waals surface area contributed by atoms with E-state index in [-0.39, 0.29) is 5.91 Å². The van der Waals surface area contributed by atoms with Gasteiger partial charge in [-0.25, -0.2) is 0 Å². The van der Waals surface area contributed by atoms with Crippen molar-refractivity contribution in [1.82, 2.24) is 5.32 Å². The van der Waals surface area contributed by atoms with Gasteiger partial charge in [0.15, 0.2) is 0 Å².